The maximum atomic E-state index is 13.2. The average Bonchev–Trinajstić information content (AvgIpc) is 3.02. The summed E-state index contributed by atoms with van der Waals surface area (Å²) in [6.07, 6.45) is 3.93. The van der Waals surface area contributed by atoms with E-state index >= 15 is 0 Å². The van der Waals surface area contributed by atoms with Crippen LogP contribution in [0.1, 0.15) is 49.7 Å². The molecule has 32 heavy (non-hydrogen) atoms. The number of benzene rings is 2. The van der Waals surface area contributed by atoms with E-state index in [2.05, 4.69) is 11.6 Å². The molecule has 3 aliphatic rings. The van der Waals surface area contributed by atoms with Crippen LogP contribution >= 0.6 is 0 Å². The van der Waals surface area contributed by atoms with Gasteiger partial charge in [0.25, 0.3) is 0 Å². The molecule has 5 nitrogen and oxygen atoms in total. The molecular weight excluding hydrogens is 429 g/mol. The van der Waals surface area contributed by atoms with Crippen LogP contribution in [0.3, 0.4) is 0 Å². The van der Waals surface area contributed by atoms with Crippen LogP contribution in [0.15, 0.2) is 47.4 Å². The molecule has 0 saturated heterocycles. The summed E-state index contributed by atoms with van der Waals surface area (Å²) in [5.74, 6) is 0.744. The summed E-state index contributed by atoms with van der Waals surface area (Å²) >= 11 is 0. The predicted octanol–water partition coefficient (Wildman–Crippen LogP) is 4.16. The van der Waals surface area contributed by atoms with E-state index in [1.54, 1.807) is 6.07 Å². The molecule has 0 heterocycles. The number of sulfonamides is 1. The van der Waals surface area contributed by atoms with Gasteiger partial charge in [-0.3, -0.25) is 4.79 Å². The largest absolute Gasteiger partial charge is 0.508 e. The van der Waals surface area contributed by atoms with E-state index in [0.29, 0.717) is 18.3 Å². The van der Waals surface area contributed by atoms with Crippen LogP contribution in [0.4, 0.5) is 4.39 Å². The number of carbonyl (C=O) groups is 1. The third-order valence-corrected chi connectivity index (χ3v) is 9.65. The smallest absolute Gasteiger partial charge is 0.240 e. The van der Waals surface area contributed by atoms with Gasteiger partial charge in [-0.05, 0) is 96.9 Å². The lowest BCUT2D eigenvalue weighted by Crippen LogP contribution is -2.46. The molecule has 3 aliphatic carbocycles. The number of phenols is 1. The first-order valence-electron chi connectivity index (χ1n) is 11.3. The fourth-order valence-corrected chi connectivity index (χ4v) is 7.82. The van der Waals surface area contributed by atoms with Crippen molar-refractivity contribution in [1.82, 2.24) is 4.72 Å². The number of aromatic hydroxyl groups is 1. The first-order valence-corrected chi connectivity index (χ1v) is 12.8. The van der Waals surface area contributed by atoms with E-state index in [4.69, 9.17) is 0 Å². The Bertz CT molecular complexity index is 1160. The molecule has 0 bridgehead atoms. The Morgan fingerprint density at radius 2 is 1.91 bits per heavy atom. The highest BCUT2D eigenvalue weighted by molar-refractivity contribution is 7.89. The second-order valence-electron chi connectivity index (χ2n) is 9.87. The van der Waals surface area contributed by atoms with E-state index < -0.39 is 21.3 Å². The van der Waals surface area contributed by atoms with Crippen LogP contribution < -0.4 is 4.72 Å². The molecular formula is C25H28FNO4S. The molecule has 2 saturated carbocycles. The van der Waals surface area contributed by atoms with Crippen molar-refractivity contribution >= 4 is 15.8 Å². The Labute approximate surface area is 188 Å². The maximum Gasteiger partial charge on any atom is 0.240 e. The second kappa shape index (κ2) is 7.66. The SMILES string of the molecule is C[C@]12CCC3c4ccc(O)cc4CCC3C1[C@@H](CNS(=O)(=O)c1ccc(F)cc1)CC2=O. The maximum absolute atomic E-state index is 13.2. The summed E-state index contributed by atoms with van der Waals surface area (Å²) in [7, 11) is -3.78. The Morgan fingerprint density at radius 3 is 2.66 bits per heavy atom. The Kier molecular flexibility index (Phi) is 5.17. The topological polar surface area (TPSA) is 83.5 Å². The summed E-state index contributed by atoms with van der Waals surface area (Å²) in [6.45, 7) is 2.27. The summed E-state index contributed by atoms with van der Waals surface area (Å²) in [4.78, 5) is 13.1. The van der Waals surface area contributed by atoms with Crippen LogP contribution in [0.2, 0.25) is 0 Å². The third-order valence-electron chi connectivity index (χ3n) is 8.21. The molecule has 0 radical (unpaired) electrons. The number of aryl methyl sites for hydroxylation is 1. The van der Waals surface area contributed by atoms with Gasteiger partial charge in [-0.25, -0.2) is 17.5 Å². The average molecular weight is 458 g/mol. The summed E-state index contributed by atoms with van der Waals surface area (Å²) in [5.41, 5.74) is 2.04. The van der Waals surface area contributed by atoms with Gasteiger partial charge in [0.15, 0.2) is 0 Å². The lowest BCUT2D eigenvalue weighted by atomic mass is 9.54. The number of nitrogens with one attached hydrogen (secondary N) is 1. The first-order chi connectivity index (χ1) is 15.2. The molecule has 5 rings (SSSR count). The van der Waals surface area contributed by atoms with Gasteiger partial charge < -0.3 is 5.11 Å². The number of phenolic OH excluding ortho intramolecular Hbond substituents is 1. The van der Waals surface area contributed by atoms with Crippen molar-refractivity contribution in [3.63, 3.8) is 0 Å². The number of hydrogen-bond donors (Lipinski definition) is 2. The van der Waals surface area contributed by atoms with Crippen molar-refractivity contribution in [2.45, 2.75) is 49.8 Å². The van der Waals surface area contributed by atoms with E-state index in [-0.39, 0.29) is 34.8 Å². The van der Waals surface area contributed by atoms with E-state index in [9.17, 15) is 22.7 Å². The zero-order valence-corrected chi connectivity index (χ0v) is 18.9. The van der Waals surface area contributed by atoms with Crippen LogP contribution in [0, 0.1) is 29.0 Å². The molecule has 0 aromatic heterocycles. The van der Waals surface area contributed by atoms with Gasteiger partial charge in [0.1, 0.15) is 17.3 Å². The number of carbonyl (C=O) groups excluding carboxylic acids is 1. The zero-order valence-electron chi connectivity index (χ0n) is 18.1. The van der Waals surface area contributed by atoms with Crippen molar-refractivity contribution in [3.8, 4) is 5.75 Å². The Balaban J connectivity index is 1.40. The monoisotopic (exact) mass is 457 g/mol. The molecule has 3 unspecified atom stereocenters. The fourth-order valence-electron chi connectivity index (χ4n) is 6.72. The van der Waals surface area contributed by atoms with Gasteiger partial charge in [0.2, 0.25) is 10.0 Å². The lowest BCUT2D eigenvalue weighted by Gasteiger charge is -2.49. The summed E-state index contributed by atoms with van der Waals surface area (Å²) in [5, 5.41) is 9.88. The van der Waals surface area contributed by atoms with Crippen molar-refractivity contribution in [2.75, 3.05) is 6.54 Å². The number of ketones is 1. The van der Waals surface area contributed by atoms with E-state index in [1.807, 2.05) is 12.1 Å². The standard InChI is InChI=1S/C25H28FNO4S/c1-25-11-10-21-20-9-5-18(28)12-15(20)2-8-22(21)24(25)16(13-23(25)29)14-27-32(30,31)19-6-3-17(26)4-7-19/h3-7,9,12,16,21-22,24,27-28H,2,8,10-11,13-14H2,1H3/t16-,21?,22?,24?,25-/m1/s1. The minimum atomic E-state index is -3.78. The number of rotatable bonds is 4. The molecule has 0 spiro atoms. The number of hydrogen-bond acceptors (Lipinski definition) is 4. The van der Waals surface area contributed by atoms with Gasteiger partial charge in [0, 0.05) is 18.4 Å². The van der Waals surface area contributed by atoms with Crippen LogP contribution in [0.5, 0.6) is 5.75 Å². The number of fused-ring (bicyclic) bond motifs is 5. The fraction of sp³-hybridized carbons (Fsp3) is 0.480. The second-order valence-corrected chi connectivity index (χ2v) is 11.6. The zero-order chi connectivity index (χ0) is 22.7. The van der Waals surface area contributed by atoms with Crippen molar-refractivity contribution < 1.29 is 22.7 Å². The molecule has 2 fully saturated rings. The van der Waals surface area contributed by atoms with Gasteiger partial charge in [-0.1, -0.05) is 13.0 Å². The van der Waals surface area contributed by atoms with E-state index in [0.717, 1.165) is 37.8 Å². The third kappa shape index (κ3) is 3.46. The highest BCUT2D eigenvalue weighted by atomic mass is 32.2. The molecule has 170 valence electrons. The Hall–Kier alpha value is -2.25. The van der Waals surface area contributed by atoms with Crippen LogP contribution in [-0.4, -0.2) is 25.9 Å². The molecule has 7 heteroatoms. The molecule has 0 aliphatic heterocycles. The Morgan fingerprint density at radius 1 is 1.16 bits per heavy atom. The molecule has 0 amide bonds. The predicted molar refractivity (Wildman–Crippen MR) is 118 cm³/mol. The summed E-state index contributed by atoms with van der Waals surface area (Å²) < 4.78 is 41.4. The van der Waals surface area contributed by atoms with Gasteiger partial charge in [-0.2, -0.15) is 0 Å². The van der Waals surface area contributed by atoms with Gasteiger partial charge >= 0.3 is 0 Å². The van der Waals surface area contributed by atoms with Crippen LogP contribution in [-0.2, 0) is 21.2 Å². The first kappa shape index (κ1) is 21.6. The normalized spacial score (nSPS) is 31.6. The van der Waals surface area contributed by atoms with Crippen LogP contribution in [0.25, 0.3) is 0 Å². The molecule has 5 atom stereocenters. The van der Waals surface area contributed by atoms with Crippen molar-refractivity contribution in [2.24, 2.45) is 23.2 Å². The summed E-state index contributed by atoms with van der Waals surface area (Å²) in [6, 6.07) is 10.4. The molecule has 2 aromatic rings. The molecule has 2 N–H and O–H groups in total. The minimum absolute atomic E-state index is 0.0268. The van der Waals surface area contributed by atoms with Crippen molar-refractivity contribution in [1.29, 1.82) is 0 Å². The highest BCUT2D eigenvalue weighted by Gasteiger charge is 2.58. The molecule has 2 aromatic carbocycles. The quantitative estimate of drug-likeness (QED) is 0.722. The number of halogens is 1. The van der Waals surface area contributed by atoms with Gasteiger partial charge in [0.05, 0.1) is 4.90 Å². The lowest BCUT2D eigenvalue weighted by molar-refractivity contribution is -0.129. The van der Waals surface area contributed by atoms with E-state index in [1.165, 1.54) is 23.3 Å². The van der Waals surface area contributed by atoms with Crippen molar-refractivity contribution in [3.05, 3.63) is 59.4 Å². The van der Waals surface area contributed by atoms with Gasteiger partial charge in [-0.15, -0.1) is 0 Å². The highest BCUT2D eigenvalue weighted by Crippen LogP contribution is 2.61. The minimum Gasteiger partial charge on any atom is -0.508 e. The number of Topliss-reactive ketones (excluding diaryl/α,β-unsaturated/α-hetero) is 1.